The average Bonchev–Trinajstić information content (AvgIpc) is 2.34. The Morgan fingerprint density at radius 1 is 1.64 bits per heavy atom. The fraction of sp³-hybridized carbons (Fsp3) is 0.167. The predicted octanol–water partition coefficient (Wildman–Crippen LogP) is 1.52. The van der Waals surface area contributed by atoms with Gasteiger partial charge in [-0.3, -0.25) is 0 Å². The van der Waals surface area contributed by atoms with E-state index in [1.165, 1.54) is 6.07 Å². The van der Waals surface area contributed by atoms with Gasteiger partial charge >= 0.3 is 5.97 Å². The molecule has 1 aromatic heterocycles. The van der Waals surface area contributed by atoms with Crippen LogP contribution in [0.1, 0.15) is 11.0 Å². The van der Waals surface area contributed by atoms with Crippen molar-refractivity contribution in [1.82, 2.24) is 0 Å². The Bertz CT molecular complexity index is 271. The molecular formula is C6H5ClO3S. The summed E-state index contributed by atoms with van der Waals surface area (Å²) in [5.74, 6) is -1.26. The molecule has 0 fully saturated rings. The summed E-state index contributed by atoms with van der Waals surface area (Å²) < 4.78 is 0.473. The maximum atomic E-state index is 10.2. The molecule has 0 spiro atoms. The minimum absolute atomic E-state index is 0.350. The quantitative estimate of drug-likeness (QED) is 0.747. The lowest BCUT2D eigenvalue weighted by Crippen LogP contribution is -2.08. The second-order valence-corrected chi connectivity index (χ2v) is 3.63. The standard InChI is InChI=1S/C6H5ClO3S/c7-4-2-1-3(11-4)5(8)6(9)10/h1-2,5,8H,(H,9,10). The molecule has 0 amide bonds. The van der Waals surface area contributed by atoms with Crippen LogP contribution < -0.4 is 0 Å². The molecule has 1 heterocycles. The number of hydrogen-bond acceptors (Lipinski definition) is 3. The van der Waals surface area contributed by atoms with Crippen molar-refractivity contribution >= 4 is 28.9 Å². The third-order valence-electron chi connectivity index (χ3n) is 1.10. The van der Waals surface area contributed by atoms with E-state index in [0.717, 1.165) is 11.3 Å². The lowest BCUT2D eigenvalue weighted by atomic mass is 10.3. The Hall–Kier alpha value is -0.580. The Labute approximate surface area is 71.9 Å². The Balaban J connectivity index is 2.84. The number of carboxylic acids is 1. The van der Waals surface area contributed by atoms with Gasteiger partial charge in [0.05, 0.1) is 4.34 Å². The van der Waals surface area contributed by atoms with E-state index in [0.29, 0.717) is 9.21 Å². The molecule has 0 saturated carbocycles. The van der Waals surface area contributed by atoms with Gasteiger partial charge < -0.3 is 10.2 Å². The van der Waals surface area contributed by atoms with Crippen LogP contribution in [0.3, 0.4) is 0 Å². The number of thiophene rings is 1. The van der Waals surface area contributed by atoms with E-state index >= 15 is 0 Å². The maximum Gasteiger partial charge on any atom is 0.338 e. The van der Waals surface area contributed by atoms with Crippen LogP contribution in [0.15, 0.2) is 12.1 Å². The minimum Gasteiger partial charge on any atom is -0.479 e. The zero-order valence-corrected chi connectivity index (χ0v) is 6.89. The van der Waals surface area contributed by atoms with Crippen molar-refractivity contribution in [2.24, 2.45) is 0 Å². The fourth-order valence-corrected chi connectivity index (χ4v) is 1.64. The summed E-state index contributed by atoms with van der Waals surface area (Å²) in [6.45, 7) is 0. The minimum atomic E-state index is -1.45. The van der Waals surface area contributed by atoms with Crippen molar-refractivity contribution in [1.29, 1.82) is 0 Å². The van der Waals surface area contributed by atoms with Gasteiger partial charge in [-0.25, -0.2) is 4.79 Å². The second kappa shape index (κ2) is 3.21. The summed E-state index contributed by atoms with van der Waals surface area (Å²) in [5.41, 5.74) is 0. The molecule has 0 aromatic carbocycles. The number of hydrogen-bond donors (Lipinski definition) is 2. The van der Waals surface area contributed by atoms with Gasteiger partial charge in [0.2, 0.25) is 0 Å². The van der Waals surface area contributed by atoms with E-state index in [1.54, 1.807) is 6.07 Å². The number of halogens is 1. The van der Waals surface area contributed by atoms with Gasteiger partial charge in [-0.1, -0.05) is 11.6 Å². The van der Waals surface area contributed by atoms with Crippen molar-refractivity contribution in [2.45, 2.75) is 6.10 Å². The zero-order valence-electron chi connectivity index (χ0n) is 5.32. The fourth-order valence-electron chi connectivity index (χ4n) is 0.597. The highest BCUT2D eigenvalue weighted by Crippen LogP contribution is 2.26. The summed E-state index contributed by atoms with van der Waals surface area (Å²) >= 11 is 6.58. The number of aliphatic hydroxyl groups is 1. The number of aliphatic carboxylic acids is 1. The number of carboxylic acid groups (broad SMARTS) is 1. The largest absolute Gasteiger partial charge is 0.479 e. The highest BCUT2D eigenvalue weighted by molar-refractivity contribution is 7.16. The molecule has 5 heteroatoms. The van der Waals surface area contributed by atoms with E-state index < -0.39 is 12.1 Å². The first-order chi connectivity index (χ1) is 5.11. The van der Waals surface area contributed by atoms with Crippen molar-refractivity contribution in [3.63, 3.8) is 0 Å². The van der Waals surface area contributed by atoms with Crippen LogP contribution >= 0.6 is 22.9 Å². The first kappa shape index (κ1) is 8.52. The molecule has 60 valence electrons. The molecule has 1 atom stereocenters. The van der Waals surface area contributed by atoms with Crippen LogP contribution in [0, 0.1) is 0 Å². The third kappa shape index (κ3) is 1.92. The van der Waals surface area contributed by atoms with E-state index in [2.05, 4.69) is 0 Å². The highest BCUT2D eigenvalue weighted by atomic mass is 35.5. The second-order valence-electron chi connectivity index (χ2n) is 1.88. The summed E-state index contributed by atoms with van der Waals surface area (Å²) in [6, 6.07) is 3.04. The molecule has 2 N–H and O–H groups in total. The van der Waals surface area contributed by atoms with Gasteiger partial charge in [-0.05, 0) is 12.1 Å². The molecule has 0 aliphatic rings. The molecule has 1 unspecified atom stereocenters. The van der Waals surface area contributed by atoms with Gasteiger partial charge in [-0.2, -0.15) is 0 Å². The Morgan fingerprint density at radius 2 is 2.27 bits per heavy atom. The van der Waals surface area contributed by atoms with Crippen LogP contribution in [0.25, 0.3) is 0 Å². The molecule has 0 aliphatic heterocycles. The first-order valence-electron chi connectivity index (χ1n) is 2.77. The molecule has 1 rings (SSSR count). The van der Waals surface area contributed by atoms with Crippen molar-refractivity contribution in [3.8, 4) is 0 Å². The van der Waals surface area contributed by atoms with E-state index in [4.69, 9.17) is 21.8 Å². The molecular weight excluding hydrogens is 188 g/mol. The number of carbonyl (C=O) groups is 1. The Morgan fingerprint density at radius 3 is 2.64 bits per heavy atom. The zero-order chi connectivity index (χ0) is 8.43. The van der Waals surface area contributed by atoms with Crippen molar-refractivity contribution < 1.29 is 15.0 Å². The SMILES string of the molecule is O=C(O)C(O)c1ccc(Cl)s1. The van der Waals surface area contributed by atoms with Crippen LogP contribution in [0.4, 0.5) is 0 Å². The smallest absolute Gasteiger partial charge is 0.338 e. The average molecular weight is 193 g/mol. The molecule has 11 heavy (non-hydrogen) atoms. The molecule has 1 aromatic rings. The summed E-state index contributed by atoms with van der Waals surface area (Å²) in [5, 5.41) is 17.3. The number of rotatable bonds is 2. The topological polar surface area (TPSA) is 57.5 Å². The summed E-state index contributed by atoms with van der Waals surface area (Å²) in [6.07, 6.45) is -1.45. The third-order valence-corrected chi connectivity index (χ3v) is 2.38. The summed E-state index contributed by atoms with van der Waals surface area (Å²) in [4.78, 5) is 10.6. The van der Waals surface area contributed by atoms with Gasteiger partial charge in [0.15, 0.2) is 6.10 Å². The number of aliphatic hydroxyl groups excluding tert-OH is 1. The molecule has 0 radical (unpaired) electrons. The lowest BCUT2D eigenvalue weighted by molar-refractivity contribution is -0.146. The van der Waals surface area contributed by atoms with Crippen LogP contribution in [-0.2, 0) is 4.79 Å². The van der Waals surface area contributed by atoms with Gasteiger partial charge in [0.25, 0.3) is 0 Å². The predicted molar refractivity (Wildman–Crippen MR) is 41.9 cm³/mol. The lowest BCUT2D eigenvalue weighted by Gasteiger charge is -1.99. The Kier molecular flexibility index (Phi) is 2.49. The maximum absolute atomic E-state index is 10.2. The van der Waals surface area contributed by atoms with E-state index in [1.807, 2.05) is 0 Å². The van der Waals surface area contributed by atoms with Gasteiger partial charge in [0, 0.05) is 4.88 Å². The van der Waals surface area contributed by atoms with Crippen LogP contribution in [0.2, 0.25) is 4.34 Å². The van der Waals surface area contributed by atoms with E-state index in [-0.39, 0.29) is 0 Å². The van der Waals surface area contributed by atoms with Crippen LogP contribution in [0.5, 0.6) is 0 Å². The van der Waals surface area contributed by atoms with E-state index in [9.17, 15) is 4.79 Å². The molecule has 0 bridgehead atoms. The molecule has 0 saturated heterocycles. The molecule has 0 aliphatic carbocycles. The van der Waals surface area contributed by atoms with Gasteiger partial charge in [-0.15, -0.1) is 11.3 Å². The summed E-state index contributed by atoms with van der Waals surface area (Å²) in [7, 11) is 0. The normalized spacial score (nSPS) is 12.9. The van der Waals surface area contributed by atoms with Crippen LogP contribution in [-0.4, -0.2) is 16.2 Å². The first-order valence-corrected chi connectivity index (χ1v) is 3.97. The van der Waals surface area contributed by atoms with Gasteiger partial charge in [0.1, 0.15) is 0 Å². The van der Waals surface area contributed by atoms with Crippen molar-refractivity contribution in [2.75, 3.05) is 0 Å². The highest BCUT2D eigenvalue weighted by Gasteiger charge is 2.17. The monoisotopic (exact) mass is 192 g/mol. The van der Waals surface area contributed by atoms with Crippen molar-refractivity contribution in [3.05, 3.63) is 21.3 Å². The molecule has 3 nitrogen and oxygen atoms in total.